The van der Waals surface area contributed by atoms with Crippen molar-refractivity contribution < 1.29 is 19.4 Å². The van der Waals surface area contributed by atoms with Gasteiger partial charge in [-0.15, -0.1) is 0 Å². The third-order valence-electron chi connectivity index (χ3n) is 5.78. The zero-order valence-electron chi connectivity index (χ0n) is 21.3. The van der Waals surface area contributed by atoms with Crippen molar-refractivity contribution in [3.8, 4) is 0 Å². The molecular weight excluding hydrogens is 442 g/mol. The van der Waals surface area contributed by atoms with Gasteiger partial charge in [-0.25, -0.2) is 0 Å². The smallest absolute Gasteiger partial charge is 0.253 e. The van der Waals surface area contributed by atoms with Gasteiger partial charge in [0.25, 0.3) is 11.8 Å². The molecule has 35 heavy (non-hydrogen) atoms. The molecule has 0 aromatic heterocycles. The number of rotatable bonds is 16. The molecule has 0 saturated heterocycles. The molecule has 2 rings (SSSR count). The van der Waals surface area contributed by atoms with Crippen molar-refractivity contribution in [1.29, 1.82) is 0 Å². The predicted octanol–water partition coefficient (Wildman–Crippen LogP) is 3.28. The minimum Gasteiger partial charge on any atom is -0.390 e. The Morgan fingerprint density at radius 1 is 1.00 bits per heavy atom. The van der Waals surface area contributed by atoms with Gasteiger partial charge in [-0.2, -0.15) is 0 Å². The Morgan fingerprint density at radius 2 is 1.69 bits per heavy atom. The Kier molecular flexibility index (Phi) is 13.0. The minimum atomic E-state index is -0.781. The summed E-state index contributed by atoms with van der Waals surface area (Å²) in [5, 5.41) is 17.1. The summed E-state index contributed by atoms with van der Waals surface area (Å²) in [6.45, 7) is 7.18. The van der Waals surface area contributed by atoms with E-state index in [1.807, 2.05) is 49.1 Å². The van der Waals surface area contributed by atoms with Crippen LogP contribution in [0.2, 0.25) is 0 Å². The van der Waals surface area contributed by atoms with Crippen LogP contribution in [0.25, 0.3) is 0 Å². The fourth-order valence-electron chi connectivity index (χ4n) is 3.97. The SMILES string of the molecule is CCCN(CCC)C(=O)c1cccc(C(=O)N[C@@H](Cc2ccccc2)C(O)CNCCCOC)c1. The number of ether oxygens (including phenoxy) is 1. The lowest BCUT2D eigenvalue weighted by atomic mass is 10.00. The maximum Gasteiger partial charge on any atom is 0.253 e. The Labute approximate surface area is 209 Å². The van der Waals surface area contributed by atoms with E-state index < -0.39 is 12.1 Å². The second kappa shape index (κ2) is 16.0. The molecule has 7 nitrogen and oxygen atoms in total. The van der Waals surface area contributed by atoms with Crippen LogP contribution in [-0.2, 0) is 11.2 Å². The second-order valence-electron chi connectivity index (χ2n) is 8.76. The highest BCUT2D eigenvalue weighted by Crippen LogP contribution is 2.12. The first-order chi connectivity index (χ1) is 17.0. The highest BCUT2D eigenvalue weighted by Gasteiger charge is 2.23. The molecule has 0 spiro atoms. The van der Waals surface area contributed by atoms with Crippen LogP contribution in [0.4, 0.5) is 0 Å². The minimum absolute atomic E-state index is 0.0653. The summed E-state index contributed by atoms with van der Waals surface area (Å²) in [5.74, 6) is -0.374. The molecule has 0 heterocycles. The van der Waals surface area contributed by atoms with Gasteiger partial charge in [-0.1, -0.05) is 50.2 Å². The third kappa shape index (κ3) is 9.80. The molecule has 7 heteroatoms. The zero-order valence-corrected chi connectivity index (χ0v) is 21.3. The summed E-state index contributed by atoms with van der Waals surface area (Å²) >= 11 is 0. The van der Waals surface area contributed by atoms with E-state index in [1.54, 1.807) is 31.4 Å². The summed E-state index contributed by atoms with van der Waals surface area (Å²) in [7, 11) is 1.66. The monoisotopic (exact) mass is 483 g/mol. The molecule has 0 aliphatic rings. The second-order valence-corrected chi connectivity index (χ2v) is 8.76. The van der Waals surface area contributed by atoms with Crippen LogP contribution in [0.1, 0.15) is 59.4 Å². The van der Waals surface area contributed by atoms with E-state index in [-0.39, 0.29) is 11.8 Å². The summed E-state index contributed by atoms with van der Waals surface area (Å²) < 4.78 is 5.06. The molecule has 0 fully saturated rings. The number of aliphatic hydroxyl groups is 1. The lowest BCUT2D eigenvalue weighted by Gasteiger charge is -2.25. The molecular formula is C28H41N3O4. The van der Waals surface area contributed by atoms with Gasteiger partial charge in [0, 0.05) is 44.5 Å². The van der Waals surface area contributed by atoms with Crippen LogP contribution in [0, 0.1) is 0 Å². The zero-order chi connectivity index (χ0) is 25.5. The number of nitrogens with one attached hydrogen (secondary N) is 2. The molecule has 0 aliphatic carbocycles. The maximum atomic E-state index is 13.2. The molecule has 1 unspecified atom stereocenters. The standard InChI is InChI=1S/C28H41N3O4/c1-4-16-31(17-5-2)28(34)24-14-9-13-23(20-24)27(33)30-25(19-22-11-7-6-8-12-22)26(32)21-29-15-10-18-35-3/h6-9,11-14,20,25-26,29,32H,4-5,10,15-19,21H2,1-3H3,(H,30,33)/t25-,26?/m0/s1. The lowest BCUT2D eigenvalue weighted by Crippen LogP contribution is -2.49. The number of hydrogen-bond acceptors (Lipinski definition) is 5. The molecule has 2 amide bonds. The highest BCUT2D eigenvalue weighted by atomic mass is 16.5. The van der Waals surface area contributed by atoms with Crippen LogP contribution < -0.4 is 10.6 Å². The average Bonchev–Trinajstić information content (AvgIpc) is 2.88. The molecule has 192 valence electrons. The first-order valence-electron chi connectivity index (χ1n) is 12.6. The van der Waals surface area contributed by atoms with Crippen LogP contribution in [-0.4, -0.2) is 73.9 Å². The van der Waals surface area contributed by atoms with Gasteiger partial charge in [-0.3, -0.25) is 9.59 Å². The van der Waals surface area contributed by atoms with Gasteiger partial charge in [0.15, 0.2) is 0 Å². The number of hydrogen-bond donors (Lipinski definition) is 3. The van der Waals surface area contributed by atoms with E-state index in [4.69, 9.17) is 4.74 Å². The van der Waals surface area contributed by atoms with Gasteiger partial charge in [0.1, 0.15) is 0 Å². The topological polar surface area (TPSA) is 90.9 Å². The number of amides is 2. The summed E-state index contributed by atoms with van der Waals surface area (Å²) in [4.78, 5) is 28.0. The number of carbonyl (C=O) groups excluding carboxylic acids is 2. The number of aliphatic hydroxyl groups excluding tert-OH is 1. The fourth-order valence-corrected chi connectivity index (χ4v) is 3.97. The van der Waals surface area contributed by atoms with Crippen LogP contribution >= 0.6 is 0 Å². The quantitative estimate of drug-likeness (QED) is 0.319. The van der Waals surface area contributed by atoms with E-state index in [9.17, 15) is 14.7 Å². The van der Waals surface area contributed by atoms with Gasteiger partial charge in [0.2, 0.25) is 0 Å². The molecule has 0 bridgehead atoms. The van der Waals surface area contributed by atoms with Crippen LogP contribution in [0.5, 0.6) is 0 Å². The molecule has 0 saturated carbocycles. The summed E-state index contributed by atoms with van der Waals surface area (Å²) in [6.07, 6.45) is 2.31. The van der Waals surface area contributed by atoms with E-state index in [2.05, 4.69) is 10.6 Å². The van der Waals surface area contributed by atoms with Crippen molar-refractivity contribution in [2.75, 3.05) is 39.9 Å². The summed E-state index contributed by atoms with van der Waals surface area (Å²) in [5.41, 5.74) is 1.93. The first-order valence-corrected chi connectivity index (χ1v) is 12.6. The van der Waals surface area contributed by atoms with Gasteiger partial charge in [-0.05, 0) is 56.0 Å². The van der Waals surface area contributed by atoms with E-state index in [1.165, 1.54) is 0 Å². The van der Waals surface area contributed by atoms with Crippen molar-refractivity contribution in [2.45, 2.75) is 51.7 Å². The molecule has 3 N–H and O–H groups in total. The normalized spacial score (nSPS) is 12.7. The number of carbonyl (C=O) groups is 2. The Balaban J connectivity index is 2.12. The molecule has 0 radical (unpaired) electrons. The number of methoxy groups -OCH3 is 1. The van der Waals surface area contributed by atoms with Crippen LogP contribution in [0.3, 0.4) is 0 Å². The predicted molar refractivity (Wildman–Crippen MR) is 140 cm³/mol. The largest absolute Gasteiger partial charge is 0.390 e. The average molecular weight is 484 g/mol. The maximum absolute atomic E-state index is 13.2. The van der Waals surface area contributed by atoms with Gasteiger partial charge < -0.3 is 25.4 Å². The van der Waals surface area contributed by atoms with Crippen molar-refractivity contribution in [3.05, 3.63) is 71.3 Å². The molecule has 2 aromatic carbocycles. The van der Waals surface area contributed by atoms with Crippen molar-refractivity contribution in [1.82, 2.24) is 15.5 Å². The number of benzene rings is 2. The van der Waals surface area contributed by atoms with Gasteiger partial charge >= 0.3 is 0 Å². The Morgan fingerprint density at radius 3 is 2.34 bits per heavy atom. The van der Waals surface area contributed by atoms with E-state index in [0.717, 1.165) is 24.8 Å². The number of nitrogens with zero attached hydrogens (tertiary/aromatic N) is 1. The van der Waals surface area contributed by atoms with Crippen molar-refractivity contribution in [3.63, 3.8) is 0 Å². The fraction of sp³-hybridized carbons (Fsp3) is 0.500. The molecule has 2 atom stereocenters. The molecule has 0 aliphatic heterocycles. The van der Waals surface area contributed by atoms with E-state index in [0.29, 0.717) is 50.3 Å². The Bertz CT molecular complexity index is 885. The van der Waals surface area contributed by atoms with Crippen LogP contribution in [0.15, 0.2) is 54.6 Å². The van der Waals surface area contributed by atoms with Gasteiger partial charge in [0.05, 0.1) is 12.1 Å². The van der Waals surface area contributed by atoms with Crippen molar-refractivity contribution in [2.24, 2.45) is 0 Å². The Hall–Kier alpha value is -2.74. The molecule has 2 aromatic rings. The first kappa shape index (κ1) is 28.5. The van der Waals surface area contributed by atoms with Crippen molar-refractivity contribution >= 4 is 11.8 Å². The lowest BCUT2D eigenvalue weighted by molar-refractivity contribution is 0.0755. The highest BCUT2D eigenvalue weighted by molar-refractivity contribution is 5.99. The van der Waals surface area contributed by atoms with E-state index >= 15 is 0 Å². The summed E-state index contributed by atoms with van der Waals surface area (Å²) in [6, 6.07) is 16.1. The third-order valence-corrected chi connectivity index (χ3v) is 5.78.